The van der Waals surface area contributed by atoms with E-state index < -0.39 is 36.6 Å². The smallest absolute Gasteiger partial charge is 0.417 e. The third-order valence-corrected chi connectivity index (χ3v) is 5.63. The monoisotopic (exact) mass is 476 g/mol. The average molecular weight is 477 g/mol. The Labute approximate surface area is 201 Å². The van der Waals surface area contributed by atoms with Crippen molar-refractivity contribution in [2.24, 2.45) is 0 Å². The Morgan fingerprint density at radius 2 is 1.74 bits per heavy atom. The highest BCUT2D eigenvalue weighted by Crippen LogP contribution is 2.16. The van der Waals surface area contributed by atoms with E-state index in [2.05, 4.69) is 5.32 Å². The van der Waals surface area contributed by atoms with E-state index in [1.807, 2.05) is 19.9 Å². The first kappa shape index (κ1) is 27.3. The lowest BCUT2D eigenvalue weighted by Crippen LogP contribution is -2.61. The van der Waals surface area contributed by atoms with Gasteiger partial charge in [-0.3, -0.25) is 19.4 Å². The van der Waals surface area contributed by atoms with Crippen molar-refractivity contribution in [2.45, 2.75) is 59.2 Å². The summed E-state index contributed by atoms with van der Waals surface area (Å²) in [6.45, 7) is 8.09. The van der Waals surface area contributed by atoms with Crippen LogP contribution in [0, 0.1) is 0 Å². The van der Waals surface area contributed by atoms with E-state index >= 15 is 0 Å². The van der Waals surface area contributed by atoms with Crippen LogP contribution in [0.25, 0.3) is 0 Å². The second-order valence-electron chi connectivity index (χ2n) is 7.92. The second kappa shape index (κ2) is 13.7. The highest BCUT2D eigenvalue weighted by Gasteiger charge is 2.39. The van der Waals surface area contributed by atoms with Crippen LogP contribution in [0.3, 0.4) is 0 Å². The number of amides is 3. The molecule has 0 aromatic heterocycles. The van der Waals surface area contributed by atoms with Gasteiger partial charge in [-0.2, -0.15) is 0 Å². The predicted octanol–water partition coefficient (Wildman–Crippen LogP) is 1.94. The van der Waals surface area contributed by atoms with Gasteiger partial charge in [0, 0.05) is 13.1 Å². The summed E-state index contributed by atoms with van der Waals surface area (Å²) in [5.74, 6) is -1.70. The Bertz CT molecular complexity index is 824. The first-order chi connectivity index (χ1) is 16.3. The maximum atomic E-state index is 13.5. The number of rotatable bonds is 11. The topological polar surface area (TPSA) is 108 Å². The fraction of sp³-hybridized carbons (Fsp3) is 0.583. The third-order valence-electron chi connectivity index (χ3n) is 5.63. The molecule has 3 amide bonds. The third kappa shape index (κ3) is 7.26. The van der Waals surface area contributed by atoms with Gasteiger partial charge in [0.2, 0.25) is 0 Å². The van der Waals surface area contributed by atoms with Crippen molar-refractivity contribution in [1.29, 1.82) is 0 Å². The molecular weight excluding hydrogens is 440 g/mol. The van der Waals surface area contributed by atoms with Gasteiger partial charge in [-0.1, -0.05) is 44.2 Å². The van der Waals surface area contributed by atoms with E-state index in [9.17, 15) is 19.2 Å². The fourth-order valence-electron chi connectivity index (χ4n) is 3.85. The fourth-order valence-corrected chi connectivity index (χ4v) is 3.85. The van der Waals surface area contributed by atoms with Crippen molar-refractivity contribution < 1.29 is 28.7 Å². The Kier molecular flexibility index (Phi) is 11.0. The molecule has 0 spiro atoms. The van der Waals surface area contributed by atoms with Crippen LogP contribution in [-0.2, 0) is 30.5 Å². The Balaban J connectivity index is 2.26. The van der Waals surface area contributed by atoms with Gasteiger partial charge < -0.3 is 14.8 Å². The summed E-state index contributed by atoms with van der Waals surface area (Å²) in [5, 5.41) is 6.31. The molecule has 10 heteroatoms. The molecule has 1 N–H and O–H groups in total. The molecule has 2 rings (SSSR count). The van der Waals surface area contributed by atoms with Crippen molar-refractivity contribution in [3.05, 3.63) is 35.9 Å². The van der Waals surface area contributed by atoms with Gasteiger partial charge in [0.25, 0.3) is 11.8 Å². The number of nitrogens with one attached hydrogen (secondary N) is 1. The van der Waals surface area contributed by atoms with Gasteiger partial charge >= 0.3 is 12.1 Å². The maximum absolute atomic E-state index is 13.5. The number of hydrogen-bond acceptors (Lipinski definition) is 8. The SMILES string of the molecule is CCOC(=O)CN(C(=O)OCc1ccccc1)C(=O)[C@H](C)N(C(=O)[C@@H]1CCCN1)N(CC)CC. The van der Waals surface area contributed by atoms with Crippen LogP contribution < -0.4 is 5.32 Å². The van der Waals surface area contributed by atoms with E-state index in [1.54, 1.807) is 43.1 Å². The molecule has 1 aromatic rings. The molecule has 34 heavy (non-hydrogen) atoms. The molecule has 1 saturated heterocycles. The number of nitrogens with zero attached hydrogens (tertiary/aromatic N) is 3. The highest BCUT2D eigenvalue weighted by atomic mass is 16.6. The zero-order chi connectivity index (χ0) is 25.1. The molecule has 0 aliphatic carbocycles. The maximum Gasteiger partial charge on any atom is 0.417 e. The van der Waals surface area contributed by atoms with E-state index in [4.69, 9.17) is 9.47 Å². The summed E-state index contributed by atoms with van der Waals surface area (Å²) in [7, 11) is 0. The first-order valence-electron chi connectivity index (χ1n) is 11.8. The number of ether oxygens (including phenoxy) is 2. The number of hydrazine groups is 1. The lowest BCUT2D eigenvalue weighted by Gasteiger charge is -2.39. The lowest BCUT2D eigenvalue weighted by molar-refractivity contribution is -0.165. The van der Waals surface area contributed by atoms with Crippen LogP contribution in [0.5, 0.6) is 0 Å². The summed E-state index contributed by atoms with van der Waals surface area (Å²) in [4.78, 5) is 52.6. The van der Waals surface area contributed by atoms with E-state index in [1.165, 1.54) is 5.01 Å². The Morgan fingerprint density at radius 3 is 2.29 bits per heavy atom. The zero-order valence-corrected chi connectivity index (χ0v) is 20.5. The van der Waals surface area contributed by atoms with Gasteiger partial charge in [0.05, 0.1) is 12.6 Å². The van der Waals surface area contributed by atoms with E-state index in [0.29, 0.717) is 19.5 Å². The minimum Gasteiger partial charge on any atom is -0.465 e. The van der Waals surface area contributed by atoms with Gasteiger partial charge in [-0.05, 0) is 38.8 Å². The zero-order valence-electron chi connectivity index (χ0n) is 20.5. The number of esters is 1. The molecular formula is C24H36N4O6. The summed E-state index contributed by atoms with van der Waals surface area (Å²) >= 11 is 0. The van der Waals surface area contributed by atoms with Crippen LogP contribution >= 0.6 is 0 Å². The summed E-state index contributed by atoms with van der Waals surface area (Å²) < 4.78 is 10.3. The minimum atomic E-state index is -1.03. The highest BCUT2D eigenvalue weighted by molar-refractivity contribution is 5.99. The quantitative estimate of drug-likeness (QED) is 0.381. The largest absolute Gasteiger partial charge is 0.465 e. The molecule has 0 radical (unpaired) electrons. The van der Waals surface area contributed by atoms with Crippen LogP contribution in [0.4, 0.5) is 4.79 Å². The minimum absolute atomic E-state index is 0.0641. The van der Waals surface area contributed by atoms with Gasteiger partial charge in [0.1, 0.15) is 19.2 Å². The molecule has 188 valence electrons. The van der Waals surface area contributed by atoms with Crippen molar-refractivity contribution in [2.75, 3.05) is 32.8 Å². The normalized spacial score (nSPS) is 16.1. The molecule has 1 aliphatic heterocycles. The number of imide groups is 1. The Morgan fingerprint density at radius 1 is 1.06 bits per heavy atom. The van der Waals surface area contributed by atoms with Gasteiger partial charge in [-0.15, -0.1) is 0 Å². The van der Waals surface area contributed by atoms with Gasteiger partial charge in [0.15, 0.2) is 0 Å². The molecule has 0 bridgehead atoms. The van der Waals surface area contributed by atoms with Crippen molar-refractivity contribution in [1.82, 2.24) is 20.2 Å². The van der Waals surface area contributed by atoms with Crippen LogP contribution in [0.1, 0.15) is 46.1 Å². The first-order valence-corrected chi connectivity index (χ1v) is 11.8. The number of benzene rings is 1. The number of hydrogen-bond donors (Lipinski definition) is 1. The van der Waals surface area contributed by atoms with Crippen LogP contribution in [0.15, 0.2) is 30.3 Å². The van der Waals surface area contributed by atoms with Crippen molar-refractivity contribution in [3.63, 3.8) is 0 Å². The second-order valence-corrected chi connectivity index (χ2v) is 7.92. The molecule has 0 unspecified atom stereocenters. The molecule has 2 atom stereocenters. The standard InChI is InChI=1S/C24H36N4O6/c1-5-26(6-2)28(23(31)20-14-11-15-25-20)18(4)22(30)27(16-21(29)33-7-3)24(32)34-17-19-12-9-8-10-13-19/h8-10,12-13,18,20,25H,5-7,11,14-17H2,1-4H3/t18-,20-/m0/s1. The van der Waals surface area contributed by atoms with E-state index in [0.717, 1.165) is 23.4 Å². The van der Waals surface area contributed by atoms with Crippen LogP contribution in [-0.4, -0.2) is 83.7 Å². The molecule has 10 nitrogen and oxygen atoms in total. The van der Waals surface area contributed by atoms with Gasteiger partial charge in [-0.25, -0.2) is 14.7 Å². The lowest BCUT2D eigenvalue weighted by atomic mass is 10.1. The number of carbonyl (C=O) groups excluding carboxylic acids is 4. The molecule has 1 fully saturated rings. The Hall–Kier alpha value is -2.98. The summed E-state index contributed by atoms with van der Waals surface area (Å²) in [6.07, 6.45) is 0.564. The predicted molar refractivity (Wildman–Crippen MR) is 125 cm³/mol. The van der Waals surface area contributed by atoms with E-state index in [-0.39, 0.29) is 19.1 Å². The van der Waals surface area contributed by atoms with Crippen molar-refractivity contribution in [3.8, 4) is 0 Å². The molecule has 1 aromatic carbocycles. The van der Waals surface area contributed by atoms with Crippen molar-refractivity contribution >= 4 is 23.9 Å². The average Bonchev–Trinajstić information content (AvgIpc) is 3.39. The molecule has 1 aliphatic rings. The molecule has 0 saturated carbocycles. The summed E-state index contributed by atoms with van der Waals surface area (Å²) in [6, 6.07) is 7.56. The number of carbonyl (C=O) groups is 4. The van der Waals surface area contributed by atoms with Crippen LogP contribution in [0.2, 0.25) is 0 Å². The summed E-state index contributed by atoms with van der Waals surface area (Å²) in [5.41, 5.74) is 0.736. The molecule has 1 heterocycles.